The molecule has 0 bridgehead atoms. The van der Waals surface area contributed by atoms with Crippen molar-refractivity contribution in [3.8, 4) is 0 Å². The van der Waals surface area contributed by atoms with Crippen molar-refractivity contribution in [1.29, 1.82) is 0 Å². The number of carbonyl (C=O) groups is 2. The van der Waals surface area contributed by atoms with Crippen molar-refractivity contribution in [2.45, 2.75) is 70.2 Å². The van der Waals surface area contributed by atoms with E-state index in [1.54, 1.807) is 4.68 Å². The maximum atomic E-state index is 12.8. The van der Waals surface area contributed by atoms with E-state index in [2.05, 4.69) is 10.4 Å². The second-order valence-corrected chi connectivity index (χ2v) is 8.57. The zero-order chi connectivity index (χ0) is 20.1. The van der Waals surface area contributed by atoms with Crippen molar-refractivity contribution >= 4 is 22.9 Å². The van der Waals surface area contributed by atoms with E-state index in [-0.39, 0.29) is 30.1 Å². The van der Waals surface area contributed by atoms with Gasteiger partial charge >= 0.3 is 6.09 Å². The number of aryl methyl sites for hydroxylation is 1. The number of cyclic esters (lactones) is 1. The average Bonchev–Trinajstić information content (AvgIpc) is 3.11. The van der Waals surface area contributed by atoms with Gasteiger partial charge in [-0.2, -0.15) is 5.10 Å². The van der Waals surface area contributed by atoms with E-state index in [9.17, 15) is 9.59 Å². The Morgan fingerprint density at radius 2 is 1.96 bits per heavy atom. The summed E-state index contributed by atoms with van der Waals surface area (Å²) < 4.78 is 7.25. The first kappa shape index (κ1) is 18.8. The van der Waals surface area contributed by atoms with Gasteiger partial charge in [-0.05, 0) is 58.6 Å². The van der Waals surface area contributed by atoms with Gasteiger partial charge in [-0.25, -0.2) is 4.79 Å². The third kappa shape index (κ3) is 3.23. The number of amides is 2. The summed E-state index contributed by atoms with van der Waals surface area (Å²) in [5.74, 6) is -0.0582. The highest BCUT2D eigenvalue weighted by Gasteiger charge is 2.48. The molecule has 1 aromatic heterocycles. The molecule has 2 aliphatic rings. The Labute approximate surface area is 165 Å². The van der Waals surface area contributed by atoms with Crippen molar-refractivity contribution < 1.29 is 14.3 Å². The van der Waals surface area contributed by atoms with Crippen LogP contribution in [0.5, 0.6) is 0 Å². The van der Waals surface area contributed by atoms with Gasteiger partial charge in [0.25, 0.3) is 5.91 Å². The molecule has 1 atom stereocenters. The summed E-state index contributed by atoms with van der Waals surface area (Å²) in [6, 6.07) is 5.98. The molecule has 7 heteroatoms. The third-order valence-corrected chi connectivity index (χ3v) is 6.32. The van der Waals surface area contributed by atoms with Crippen molar-refractivity contribution in [1.82, 2.24) is 20.0 Å². The summed E-state index contributed by atoms with van der Waals surface area (Å²) in [5, 5.41) is 8.41. The number of ether oxygens (including phenoxy) is 1. The predicted molar refractivity (Wildman–Crippen MR) is 106 cm³/mol. The van der Waals surface area contributed by atoms with Gasteiger partial charge in [0.05, 0.1) is 17.1 Å². The van der Waals surface area contributed by atoms with E-state index in [1.807, 2.05) is 57.1 Å². The quantitative estimate of drug-likeness (QED) is 0.881. The fourth-order valence-corrected chi connectivity index (χ4v) is 4.44. The van der Waals surface area contributed by atoms with E-state index in [4.69, 9.17) is 4.74 Å². The summed E-state index contributed by atoms with van der Waals surface area (Å²) in [4.78, 5) is 27.0. The third-order valence-electron chi connectivity index (χ3n) is 6.32. The Hall–Kier alpha value is -2.57. The number of benzene rings is 1. The minimum absolute atomic E-state index is 0.0549. The highest BCUT2D eigenvalue weighted by atomic mass is 16.6. The van der Waals surface area contributed by atoms with Crippen LogP contribution in [-0.4, -0.2) is 50.4 Å². The maximum Gasteiger partial charge on any atom is 0.411 e. The van der Waals surface area contributed by atoms with Crippen LogP contribution in [0.25, 0.3) is 10.9 Å². The van der Waals surface area contributed by atoms with Gasteiger partial charge in [0, 0.05) is 30.7 Å². The molecule has 7 nitrogen and oxygen atoms in total. The van der Waals surface area contributed by atoms with Crippen LogP contribution in [0.3, 0.4) is 0 Å². The Balaban J connectivity index is 1.39. The molecule has 1 unspecified atom stereocenters. The molecule has 1 saturated heterocycles. The first-order valence-electron chi connectivity index (χ1n) is 10.0. The van der Waals surface area contributed by atoms with Crippen LogP contribution < -0.4 is 5.32 Å². The number of rotatable bonds is 3. The van der Waals surface area contributed by atoms with Gasteiger partial charge in [-0.15, -0.1) is 0 Å². The largest absolute Gasteiger partial charge is 0.441 e. The van der Waals surface area contributed by atoms with E-state index >= 15 is 0 Å². The van der Waals surface area contributed by atoms with Crippen LogP contribution in [-0.2, 0) is 11.8 Å². The topological polar surface area (TPSA) is 76.5 Å². The molecule has 150 valence electrons. The fourth-order valence-electron chi connectivity index (χ4n) is 4.44. The molecule has 1 aliphatic heterocycles. The number of nitrogens with zero attached hydrogens (tertiary/aromatic N) is 3. The normalized spacial score (nSPS) is 27.1. The molecular weight excluding hydrogens is 356 g/mol. The van der Waals surface area contributed by atoms with Gasteiger partial charge in [0.1, 0.15) is 5.60 Å². The molecule has 28 heavy (non-hydrogen) atoms. The Morgan fingerprint density at radius 1 is 1.25 bits per heavy atom. The van der Waals surface area contributed by atoms with Crippen LogP contribution in [0.15, 0.2) is 24.4 Å². The number of nitrogens with one attached hydrogen (secondary N) is 1. The van der Waals surface area contributed by atoms with Crippen LogP contribution in [0.2, 0.25) is 0 Å². The molecule has 0 spiro atoms. The maximum absolute atomic E-state index is 12.8. The molecule has 1 saturated carbocycles. The van der Waals surface area contributed by atoms with E-state index in [1.165, 1.54) is 0 Å². The van der Waals surface area contributed by atoms with Crippen LogP contribution in [0.4, 0.5) is 4.79 Å². The molecule has 1 aromatic carbocycles. The monoisotopic (exact) mass is 384 g/mol. The summed E-state index contributed by atoms with van der Waals surface area (Å²) in [6.07, 6.45) is 5.12. The zero-order valence-electron chi connectivity index (χ0n) is 16.9. The lowest BCUT2D eigenvalue weighted by atomic mass is 9.88. The highest BCUT2D eigenvalue weighted by Crippen LogP contribution is 2.35. The van der Waals surface area contributed by atoms with Gasteiger partial charge in [-0.1, -0.05) is 6.07 Å². The van der Waals surface area contributed by atoms with Gasteiger partial charge < -0.3 is 10.1 Å². The van der Waals surface area contributed by atoms with Crippen molar-refractivity contribution in [3.63, 3.8) is 0 Å². The van der Waals surface area contributed by atoms with E-state index in [0.717, 1.165) is 36.6 Å². The second kappa shape index (κ2) is 6.79. The summed E-state index contributed by atoms with van der Waals surface area (Å²) in [7, 11) is 1.86. The second-order valence-electron chi connectivity index (χ2n) is 8.57. The lowest BCUT2D eigenvalue weighted by Crippen LogP contribution is -2.48. The molecule has 1 N–H and O–H groups in total. The lowest BCUT2D eigenvalue weighted by molar-refractivity contribution is 0.0711. The van der Waals surface area contributed by atoms with Crippen molar-refractivity contribution in [2.75, 3.05) is 0 Å². The molecule has 2 heterocycles. The van der Waals surface area contributed by atoms with Crippen LogP contribution >= 0.6 is 0 Å². The molecular formula is C21H28N4O3. The fraction of sp³-hybridized carbons (Fsp3) is 0.571. The highest BCUT2D eigenvalue weighted by molar-refractivity contribution is 6.06. The molecule has 0 radical (unpaired) electrons. The Bertz CT molecular complexity index is 912. The van der Waals surface area contributed by atoms with Crippen LogP contribution in [0, 0.1) is 0 Å². The smallest absolute Gasteiger partial charge is 0.411 e. The molecule has 1 aliphatic carbocycles. The molecule has 4 rings (SSSR count). The number of aromatic nitrogens is 2. The Kier molecular flexibility index (Phi) is 4.56. The first-order chi connectivity index (χ1) is 13.3. The van der Waals surface area contributed by atoms with Gasteiger partial charge in [-0.3, -0.25) is 14.4 Å². The minimum Gasteiger partial charge on any atom is -0.441 e. The van der Waals surface area contributed by atoms with Gasteiger partial charge in [0.2, 0.25) is 0 Å². The predicted octanol–water partition coefficient (Wildman–Crippen LogP) is 3.23. The number of hydrogen-bond donors (Lipinski definition) is 1. The average molecular weight is 384 g/mol. The molecule has 2 aromatic rings. The summed E-state index contributed by atoms with van der Waals surface area (Å²) >= 11 is 0. The zero-order valence-corrected chi connectivity index (χ0v) is 16.9. The number of fused-ring (bicyclic) bond motifs is 1. The first-order valence-corrected chi connectivity index (χ1v) is 10.0. The summed E-state index contributed by atoms with van der Waals surface area (Å²) in [5.41, 5.74) is 1.03. The van der Waals surface area contributed by atoms with E-state index < -0.39 is 5.60 Å². The minimum atomic E-state index is -0.454. The van der Waals surface area contributed by atoms with Crippen molar-refractivity contribution in [3.05, 3.63) is 30.0 Å². The van der Waals surface area contributed by atoms with E-state index in [0.29, 0.717) is 5.56 Å². The number of hydrogen-bond acceptors (Lipinski definition) is 4. The van der Waals surface area contributed by atoms with Crippen molar-refractivity contribution in [2.24, 2.45) is 7.05 Å². The Morgan fingerprint density at radius 3 is 2.61 bits per heavy atom. The molecule has 2 amide bonds. The molecule has 2 fully saturated rings. The summed E-state index contributed by atoms with van der Waals surface area (Å²) in [6.45, 7) is 5.97. The van der Waals surface area contributed by atoms with Crippen LogP contribution in [0.1, 0.15) is 56.8 Å². The van der Waals surface area contributed by atoms with Gasteiger partial charge in [0.15, 0.2) is 0 Å². The SMILES string of the molecule is CC1N(C2CCC(NC(=O)c3cccc4nn(C)cc34)CC2)C(=O)OC1(C)C. The number of carbonyl (C=O) groups excluding carboxylic acids is 2. The standard InChI is InChI=1S/C21H28N4O3/c1-13-21(2,3)28-20(27)25(13)15-10-8-14(9-11-15)22-19(26)16-6-5-7-18-17(16)12-24(4)23-18/h5-7,12-15H,8-11H2,1-4H3,(H,22,26). The lowest BCUT2D eigenvalue weighted by Gasteiger charge is -2.36.